The van der Waals surface area contributed by atoms with Crippen LogP contribution in [0.2, 0.25) is 0 Å². The highest BCUT2D eigenvalue weighted by Crippen LogP contribution is 2.22. The summed E-state index contributed by atoms with van der Waals surface area (Å²) in [6.45, 7) is 6.68. The molecule has 2 amide bonds. The molecule has 2 aromatic rings. The third kappa shape index (κ3) is 6.63. The fourth-order valence-corrected chi connectivity index (χ4v) is 2.43. The summed E-state index contributed by atoms with van der Waals surface area (Å²) in [6, 6.07) is 6.53. The van der Waals surface area contributed by atoms with Crippen LogP contribution in [0.3, 0.4) is 0 Å². The van der Waals surface area contributed by atoms with Crippen molar-refractivity contribution in [2.45, 2.75) is 40.3 Å². The maximum Gasteiger partial charge on any atom is 0.342 e. The van der Waals surface area contributed by atoms with E-state index in [0.717, 1.165) is 5.56 Å². The van der Waals surface area contributed by atoms with Crippen molar-refractivity contribution in [3.05, 3.63) is 46.8 Å². The van der Waals surface area contributed by atoms with Crippen LogP contribution in [0.25, 0.3) is 0 Å². The Morgan fingerprint density at radius 3 is 2.52 bits per heavy atom. The van der Waals surface area contributed by atoms with Crippen LogP contribution in [0.5, 0.6) is 5.75 Å². The zero-order valence-corrected chi connectivity index (χ0v) is 16.9. The molecular weight excluding hydrogens is 378 g/mol. The Balaban J connectivity index is 1.89. The number of carbonyl (C=O) groups excluding carboxylic acids is 3. The Bertz CT molecular complexity index is 855. The van der Waals surface area contributed by atoms with E-state index in [4.69, 9.17) is 14.0 Å². The van der Waals surface area contributed by atoms with Crippen LogP contribution in [0.1, 0.15) is 41.2 Å². The molecule has 1 heterocycles. The Labute approximate surface area is 168 Å². The Morgan fingerprint density at radius 1 is 1.14 bits per heavy atom. The molecule has 1 aromatic carbocycles. The summed E-state index contributed by atoms with van der Waals surface area (Å²) in [5, 5.41) is 8.89. The van der Waals surface area contributed by atoms with Gasteiger partial charge in [0.15, 0.2) is 6.61 Å². The summed E-state index contributed by atoms with van der Waals surface area (Å²) >= 11 is 0. The van der Waals surface area contributed by atoms with Gasteiger partial charge >= 0.3 is 5.97 Å². The summed E-state index contributed by atoms with van der Waals surface area (Å²) in [5.41, 5.74) is 1.69. The van der Waals surface area contributed by atoms with E-state index in [9.17, 15) is 14.4 Å². The lowest BCUT2D eigenvalue weighted by atomic mass is 10.2. The first kappa shape index (κ1) is 21.9. The zero-order valence-electron chi connectivity index (χ0n) is 16.9. The second-order valence-electron chi connectivity index (χ2n) is 6.66. The molecule has 9 heteroatoms. The first-order chi connectivity index (χ1) is 13.8. The number of rotatable bonds is 9. The number of ether oxygens (including phenoxy) is 2. The summed E-state index contributed by atoms with van der Waals surface area (Å²) in [5.74, 6) is -0.653. The predicted molar refractivity (Wildman–Crippen MR) is 103 cm³/mol. The summed E-state index contributed by atoms with van der Waals surface area (Å²) in [4.78, 5) is 35.7. The molecule has 2 N–H and O–H groups in total. The first-order valence-electron chi connectivity index (χ1n) is 9.14. The topological polar surface area (TPSA) is 120 Å². The number of esters is 1. The SMILES string of the molecule is Cc1noc(C)c1COc1ccccc1C(=O)OCC(=O)NCC(=O)NC(C)C. The molecule has 1 aromatic heterocycles. The largest absolute Gasteiger partial charge is 0.488 e. The quantitative estimate of drug-likeness (QED) is 0.611. The van der Waals surface area contributed by atoms with Gasteiger partial charge in [0.2, 0.25) is 5.91 Å². The van der Waals surface area contributed by atoms with E-state index < -0.39 is 18.5 Å². The Morgan fingerprint density at radius 2 is 1.86 bits per heavy atom. The van der Waals surface area contributed by atoms with E-state index in [1.54, 1.807) is 38.1 Å². The van der Waals surface area contributed by atoms with E-state index in [1.165, 1.54) is 0 Å². The van der Waals surface area contributed by atoms with Gasteiger partial charge in [-0.1, -0.05) is 17.3 Å². The molecular formula is C20H25N3O6. The van der Waals surface area contributed by atoms with Gasteiger partial charge in [0.1, 0.15) is 23.7 Å². The van der Waals surface area contributed by atoms with Crippen LogP contribution in [-0.2, 0) is 20.9 Å². The fourth-order valence-electron chi connectivity index (χ4n) is 2.43. The molecule has 0 radical (unpaired) electrons. The number of hydrogen-bond donors (Lipinski definition) is 2. The van der Waals surface area contributed by atoms with Gasteiger partial charge in [-0.2, -0.15) is 0 Å². The third-order valence-corrected chi connectivity index (χ3v) is 3.89. The van der Waals surface area contributed by atoms with Crippen molar-refractivity contribution in [2.24, 2.45) is 0 Å². The number of hydrogen-bond acceptors (Lipinski definition) is 7. The highest BCUT2D eigenvalue weighted by Gasteiger charge is 2.17. The molecule has 0 saturated heterocycles. The number of aromatic nitrogens is 1. The molecule has 0 spiro atoms. The van der Waals surface area contributed by atoms with Crippen LogP contribution in [-0.4, -0.2) is 42.1 Å². The van der Waals surface area contributed by atoms with Crippen LogP contribution in [0, 0.1) is 13.8 Å². The normalized spacial score (nSPS) is 10.5. The van der Waals surface area contributed by atoms with E-state index >= 15 is 0 Å². The smallest absolute Gasteiger partial charge is 0.342 e. The molecule has 29 heavy (non-hydrogen) atoms. The van der Waals surface area contributed by atoms with Crippen LogP contribution < -0.4 is 15.4 Å². The maximum absolute atomic E-state index is 12.4. The molecule has 0 saturated carbocycles. The van der Waals surface area contributed by atoms with Crippen molar-refractivity contribution in [2.75, 3.05) is 13.2 Å². The van der Waals surface area contributed by atoms with Gasteiger partial charge in [-0.05, 0) is 39.8 Å². The number of nitrogens with one attached hydrogen (secondary N) is 2. The number of aryl methyl sites for hydroxylation is 2. The maximum atomic E-state index is 12.4. The van der Waals surface area contributed by atoms with Gasteiger partial charge < -0.3 is 24.6 Å². The van der Waals surface area contributed by atoms with Gasteiger partial charge in [-0.25, -0.2) is 4.79 Å². The minimum absolute atomic E-state index is 0.0286. The number of carbonyl (C=O) groups is 3. The van der Waals surface area contributed by atoms with Crippen molar-refractivity contribution in [1.29, 1.82) is 0 Å². The van der Waals surface area contributed by atoms with Crippen molar-refractivity contribution in [1.82, 2.24) is 15.8 Å². The van der Waals surface area contributed by atoms with Crippen molar-refractivity contribution < 1.29 is 28.4 Å². The summed E-state index contributed by atoms with van der Waals surface area (Å²) < 4.78 is 15.9. The molecule has 9 nitrogen and oxygen atoms in total. The number of nitrogens with zero attached hydrogens (tertiary/aromatic N) is 1. The Hall–Kier alpha value is -3.36. The summed E-state index contributed by atoms with van der Waals surface area (Å²) in [7, 11) is 0. The van der Waals surface area contributed by atoms with Gasteiger partial charge in [-0.3, -0.25) is 9.59 Å². The van der Waals surface area contributed by atoms with E-state index in [2.05, 4.69) is 15.8 Å². The predicted octanol–water partition coefficient (Wildman–Crippen LogP) is 1.67. The van der Waals surface area contributed by atoms with Crippen LogP contribution in [0.15, 0.2) is 28.8 Å². The van der Waals surface area contributed by atoms with Crippen LogP contribution in [0.4, 0.5) is 0 Å². The molecule has 0 fully saturated rings. The first-order valence-corrected chi connectivity index (χ1v) is 9.14. The fraction of sp³-hybridized carbons (Fsp3) is 0.400. The molecule has 0 unspecified atom stereocenters. The molecule has 0 aliphatic carbocycles. The van der Waals surface area contributed by atoms with Crippen molar-refractivity contribution in [3.8, 4) is 5.75 Å². The van der Waals surface area contributed by atoms with Gasteiger partial charge in [0, 0.05) is 6.04 Å². The standard InChI is InChI=1S/C20H25N3O6/c1-12(2)22-18(24)9-21-19(25)11-28-20(26)15-7-5-6-8-17(15)27-10-16-13(3)23-29-14(16)4/h5-8,12H,9-11H2,1-4H3,(H,21,25)(H,22,24). The average Bonchev–Trinajstić information content (AvgIpc) is 3.00. The molecule has 0 atom stereocenters. The lowest BCUT2D eigenvalue weighted by Crippen LogP contribution is -2.41. The second kappa shape index (κ2) is 10.3. The zero-order chi connectivity index (χ0) is 21.4. The van der Waals surface area contributed by atoms with Gasteiger partial charge in [0.25, 0.3) is 5.91 Å². The highest BCUT2D eigenvalue weighted by atomic mass is 16.5. The third-order valence-electron chi connectivity index (χ3n) is 3.89. The van der Waals surface area contributed by atoms with Crippen molar-refractivity contribution >= 4 is 17.8 Å². The van der Waals surface area contributed by atoms with E-state index in [0.29, 0.717) is 17.2 Å². The molecule has 0 bridgehead atoms. The lowest BCUT2D eigenvalue weighted by Gasteiger charge is -2.12. The number of benzene rings is 1. The number of amides is 2. The molecule has 2 rings (SSSR count). The van der Waals surface area contributed by atoms with Gasteiger partial charge in [-0.15, -0.1) is 0 Å². The average molecular weight is 403 g/mol. The molecule has 0 aliphatic heterocycles. The van der Waals surface area contributed by atoms with Gasteiger partial charge in [0.05, 0.1) is 17.8 Å². The van der Waals surface area contributed by atoms with E-state index in [1.807, 2.05) is 13.8 Å². The Kier molecular flexibility index (Phi) is 7.76. The molecule has 156 valence electrons. The minimum Gasteiger partial charge on any atom is -0.488 e. The monoisotopic (exact) mass is 403 g/mol. The highest BCUT2D eigenvalue weighted by molar-refractivity contribution is 5.94. The second-order valence-corrected chi connectivity index (χ2v) is 6.66. The van der Waals surface area contributed by atoms with E-state index in [-0.39, 0.29) is 30.7 Å². The number of para-hydroxylation sites is 1. The molecule has 0 aliphatic rings. The lowest BCUT2D eigenvalue weighted by molar-refractivity contribution is -0.128. The summed E-state index contributed by atoms with van der Waals surface area (Å²) in [6.07, 6.45) is 0. The van der Waals surface area contributed by atoms with Crippen molar-refractivity contribution in [3.63, 3.8) is 0 Å². The minimum atomic E-state index is -0.707. The van der Waals surface area contributed by atoms with Crippen LogP contribution >= 0.6 is 0 Å².